The Morgan fingerprint density at radius 2 is 2.15 bits per heavy atom. The van der Waals surface area contributed by atoms with Crippen LogP contribution in [0, 0.1) is 0 Å². The fourth-order valence-corrected chi connectivity index (χ4v) is 3.53. The summed E-state index contributed by atoms with van der Waals surface area (Å²) in [6.07, 6.45) is 1.76. The molecule has 1 saturated heterocycles. The highest BCUT2D eigenvalue weighted by atomic mass is 32.2. The van der Waals surface area contributed by atoms with Crippen molar-refractivity contribution in [3.8, 4) is 0 Å². The molecule has 1 fully saturated rings. The van der Waals surface area contributed by atoms with Crippen molar-refractivity contribution < 1.29 is 23.1 Å². The lowest BCUT2D eigenvalue weighted by molar-refractivity contribution is -0.120. The van der Waals surface area contributed by atoms with Gasteiger partial charge in [-0.1, -0.05) is 0 Å². The lowest BCUT2D eigenvalue weighted by Gasteiger charge is -2.17. The Balaban J connectivity index is 2.36. The van der Waals surface area contributed by atoms with Gasteiger partial charge < -0.3 is 15.0 Å². The number of sulfonamides is 1. The van der Waals surface area contributed by atoms with E-state index < -0.39 is 16.0 Å². The molecule has 8 nitrogen and oxygen atoms in total. The van der Waals surface area contributed by atoms with E-state index in [1.165, 1.54) is 17.8 Å². The Hall–Kier alpha value is -1.87. The summed E-state index contributed by atoms with van der Waals surface area (Å²) in [5.41, 5.74) is -0.122. The van der Waals surface area contributed by atoms with Gasteiger partial charge in [-0.05, 0) is 12.5 Å². The number of aromatic nitrogens is 1. The third-order valence-electron chi connectivity index (χ3n) is 3.06. The number of aryl methyl sites for hydroxylation is 1. The first-order valence-corrected chi connectivity index (χ1v) is 7.43. The van der Waals surface area contributed by atoms with Crippen LogP contribution in [-0.4, -0.2) is 53.9 Å². The highest BCUT2D eigenvalue weighted by Crippen LogP contribution is 2.19. The van der Waals surface area contributed by atoms with Crippen LogP contribution in [0.4, 0.5) is 0 Å². The van der Waals surface area contributed by atoms with E-state index in [1.807, 2.05) is 0 Å². The quantitative estimate of drug-likeness (QED) is 0.762. The first-order chi connectivity index (χ1) is 9.32. The van der Waals surface area contributed by atoms with Gasteiger partial charge in [-0.25, -0.2) is 13.2 Å². The third kappa shape index (κ3) is 2.68. The number of nitrogens with zero attached hydrogens (tertiary/aromatic N) is 2. The molecular weight excluding hydrogens is 286 g/mol. The Morgan fingerprint density at radius 3 is 2.75 bits per heavy atom. The summed E-state index contributed by atoms with van der Waals surface area (Å²) >= 11 is 0. The number of rotatable bonds is 3. The summed E-state index contributed by atoms with van der Waals surface area (Å²) < 4.78 is 27.1. The third-order valence-corrected chi connectivity index (χ3v) is 4.87. The number of amides is 1. The minimum absolute atomic E-state index is 0.118. The second-order valence-electron chi connectivity index (χ2n) is 4.52. The van der Waals surface area contributed by atoms with Crippen molar-refractivity contribution in [2.75, 3.05) is 19.6 Å². The minimum atomic E-state index is -3.87. The standard InChI is InChI=1S/C11H15N3O5S/c1-13-6-8(5-9(13)11(16)17)20(18,19)14-4-2-3-12-10(15)7-14/h5-6H,2-4,7H2,1H3,(H,12,15)(H,16,17). The zero-order valence-corrected chi connectivity index (χ0v) is 11.7. The fourth-order valence-electron chi connectivity index (χ4n) is 2.02. The van der Waals surface area contributed by atoms with Crippen molar-refractivity contribution in [2.24, 2.45) is 7.05 Å². The number of hydrogen-bond acceptors (Lipinski definition) is 4. The molecule has 1 aliphatic heterocycles. The van der Waals surface area contributed by atoms with E-state index in [0.29, 0.717) is 13.0 Å². The Morgan fingerprint density at radius 1 is 1.45 bits per heavy atom. The minimum Gasteiger partial charge on any atom is -0.477 e. The number of nitrogens with one attached hydrogen (secondary N) is 1. The van der Waals surface area contributed by atoms with Crippen molar-refractivity contribution in [3.05, 3.63) is 18.0 Å². The van der Waals surface area contributed by atoms with Crippen LogP contribution in [0.25, 0.3) is 0 Å². The monoisotopic (exact) mass is 301 g/mol. The van der Waals surface area contributed by atoms with Gasteiger partial charge in [-0.15, -0.1) is 0 Å². The second kappa shape index (κ2) is 5.25. The van der Waals surface area contributed by atoms with Crippen LogP contribution in [0.2, 0.25) is 0 Å². The largest absolute Gasteiger partial charge is 0.477 e. The van der Waals surface area contributed by atoms with Gasteiger partial charge in [-0.3, -0.25) is 4.79 Å². The predicted molar refractivity (Wildman–Crippen MR) is 68.8 cm³/mol. The van der Waals surface area contributed by atoms with E-state index in [2.05, 4.69) is 5.32 Å². The highest BCUT2D eigenvalue weighted by molar-refractivity contribution is 7.89. The molecule has 0 atom stereocenters. The lowest BCUT2D eigenvalue weighted by Crippen LogP contribution is -2.37. The molecule has 1 aliphatic rings. The first-order valence-electron chi connectivity index (χ1n) is 5.99. The SMILES string of the molecule is Cn1cc(S(=O)(=O)N2CCCNC(=O)C2)cc1C(=O)O. The number of carboxylic acids is 1. The molecule has 1 aromatic rings. The molecule has 0 aliphatic carbocycles. The van der Waals surface area contributed by atoms with Gasteiger partial charge in [0.05, 0.1) is 6.54 Å². The molecule has 0 spiro atoms. The summed E-state index contributed by atoms with van der Waals surface area (Å²) in [6, 6.07) is 1.10. The molecule has 1 amide bonds. The van der Waals surface area contributed by atoms with Gasteiger partial charge in [0.25, 0.3) is 0 Å². The van der Waals surface area contributed by atoms with Gasteiger partial charge in [-0.2, -0.15) is 4.31 Å². The molecular formula is C11H15N3O5S. The van der Waals surface area contributed by atoms with Crippen molar-refractivity contribution in [2.45, 2.75) is 11.3 Å². The van der Waals surface area contributed by atoms with Gasteiger partial charge in [0.15, 0.2) is 0 Å². The lowest BCUT2D eigenvalue weighted by atomic mass is 10.4. The van der Waals surface area contributed by atoms with Crippen molar-refractivity contribution in [1.82, 2.24) is 14.2 Å². The number of aromatic carboxylic acids is 1. The average molecular weight is 301 g/mol. The van der Waals surface area contributed by atoms with Crippen LogP contribution >= 0.6 is 0 Å². The maximum atomic E-state index is 12.4. The van der Waals surface area contributed by atoms with Crippen LogP contribution < -0.4 is 5.32 Å². The predicted octanol–water partition coefficient (Wildman–Crippen LogP) is -0.766. The summed E-state index contributed by atoms with van der Waals surface area (Å²) in [4.78, 5) is 22.3. The molecule has 9 heteroatoms. The zero-order chi connectivity index (χ0) is 14.9. The van der Waals surface area contributed by atoms with E-state index in [-0.39, 0.29) is 29.6 Å². The summed E-state index contributed by atoms with van der Waals surface area (Å²) in [6.45, 7) is 0.401. The van der Waals surface area contributed by atoms with Crippen LogP contribution in [0.15, 0.2) is 17.2 Å². The van der Waals surface area contributed by atoms with E-state index in [9.17, 15) is 18.0 Å². The molecule has 1 aromatic heterocycles. The van der Waals surface area contributed by atoms with Crippen LogP contribution in [0.1, 0.15) is 16.9 Å². The smallest absolute Gasteiger partial charge is 0.352 e. The van der Waals surface area contributed by atoms with Crippen LogP contribution in [0.5, 0.6) is 0 Å². The molecule has 0 radical (unpaired) electrons. The normalized spacial score (nSPS) is 17.6. The van der Waals surface area contributed by atoms with Crippen molar-refractivity contribution in [1.29, 1.82) is 0 Å². The number of carboxylic acid groups (broad SMARTS) is 1. The average Bonchev–Trinajstić information content (AvgIpc) is 2.62. The van der Waals surface area contributed by atoms with Crippen LogP contribution in [0.3, 0.4) is 0 Å². The zero-order valence-electron chi connectivity index (χ0n) is 10.9. The van der Waals surface area contributed by atoms with Gasteiger partial charge >= 0.3 is 5.97 Å². The van der Waals surface area contributed by atoms with E-state index in [4.69, 9.17) is 5.11 Å². The maximum Gasteiger partial charge on any atom is 0.352 e. The summed E-state index contributed by atoms with van der Waals surface area (Å²) in [5, 5.41) is 11.5. The van der Waals surface area contributed by atoms with Gasteiger partial charge in [0.1, 0.15) is 10.6 Å². The molecule has 0 aromatic carbocycles. The first kappa shape index (κ1) is 14.5. The fraction of sp³-hybridized carbons (Fsp3) is 0.455. The molecule has 2 heterocycles. The van der Waals surface area contributed by atoms with E-state index >= 15 is 0 Å². The molecule has 20 heavy (non-hydrogen) atoms. The topological polar surface area (TPSA) is 109 Å². The number of carbonyl (C=O) groups excluding carboxylic acids is 1. The Labute approximate surface area is 116 Å². The molecule has 0 unspecified atom stereocenters. The van der Waals surface area contributed by atoms with Crippen molar-refractivity contribution in [3.63, 3.8) is 0 Å². The summed E-state index contributed by atoms with van der Waals surface area (Å²) in [7, 11) is -2.41. The van der Waals surface area contributed by atoms with Crippen LogP contribution in [-0.2, 0) is 21.9 Å². The molecule has 110 valence electrons. The number of hydrogen-bond donors (Lipinski definition) is 2. The number of carbonyl (C=O) groups is 2. The van der Waals surface area contributed by atoms with E-state index in [0.717, 1.165) is 10.4 Å². The molecule has 0 saturated carbocycles. The molecule has 0 bridgehead atoms. The second-order valence-corrected chi connectivity index (χ2v) is 6.46. The molecule has 2 rings (SSSR count). The Bertz CT molecular complexity index is 649. The van der Waals surface area contributed by atoms with E-state index in [1.54, 1.807) is 0 Å². The molecule has 2 N–H and O–H groups in total. The van der Waals surface area contributed by atoms with Crippen molar-refractivity contribution >= 4 is 21.9 Å². The maximum absolute atomic E-state index is 12.4. The Kier molecular flexibility index (Phi) is 3.82. The van der Waals surface area contributed by atoms with Gasteiger partial charge in [0.2, 0.25) is 15.9 Å². The van der Waals surface area contributed by atoms with Gasteiger partial charge in [0, 0.05) is 26.3 Å². The highest BCUT2D eigenvalue weighted by Gasteiger charge is 2.30. The summed E-state index contributed by atoms with van der Waals surface area (Å²) in [5.74, 6) is -1.57.